The van der Waals surface area contributed by atoms with Crippen molar-refractivity contribution >= 4 is 12.0 Å². The van der Waals surface area contributed by atoms with Crippen molar-refractivity contribution in [3.05, 3.63) is 60.2 Å². The lowest BCUT2D eigenvalue weighted by Crippen LogP contribution is -2.44. The Morgan fingerprint density at radius 2 is 1.67 bits per heavy atom. The molecule has 3 rings (SSSR count). The normalized spacial score (nSPS) is 14.8. The Hall–Kier alpha value is -3.02. The molecule has 0 aliphatic carbocycles. The lowest BCUT2D eigenvalue weighted by atomic mass is 9.96. The molecule has 0 unspecified atom stereocenters. The number of nitrogens with zero attached hydrogens (tertiary/aromatic N) is 1. The van der Waals surface area contributed by atoms with E-state index in [4.69, 9.17) is 9.47 Å². The van der Waals surface area contributed by atoms with Gasteiger partial charge in [-0.1, -0.05) is 30.3 Å². The highest BCUT2D eigenvalue weighted by molar-refractivity contribution is 5.79. The number of ether oxygens (including phenoxy) is 2. The minimum absolute atomic E-state index is 0.0215. The third-order valence-electron chi connectivity index (χ3n) is 4.86. The molecule has 1 aliphatic rings. The highest BCUT2D eigenvalue weighted by Crippen LogP contribution is 2.23. The number of para-hydroxylation sites is 1. The summed E-state index contributed by atoms with van der Waals surface area (Å²) in [6.45, 7) is 7.07. The smallest absolute Gasteiger partial charge is 0.410 e. The molecule has 6 heteroatoms. The molecule has 0 atom stereocenters. The quantitative estimate of drug-likeness (QED) is 0.773. The van der Waals surface area contributed by atoms with Crippen molar-refractivity contribution in [1.82, 2.24) is 10.2 Å². The van der Waals surface area contributed by atoms with Gasteiger partial charge in [-0.3, -0.25) is 4.79 Å². The van der Waals surface area contributed by atoms with Gasteiger partial charge in [0.2, 0.25) is 5.91 Å². The van der Waals surface area contributed by atoms with Crippen molar-refractivity contribution in [3.63, 3.8) is 0 Å². The molecule has 1 aliphatic heterocycles. The predicted octanol–water partition coefficient (Wildman–Crippen LogP) is 4.74. The van der Waals surface area contributed by atoms with Crippen molar-refractivity contribution in [2.75, 3.05) is 13.1 Å². The van der Waals surface area contributed by atoms with Crippen molar-refractivity contribution in [2.45, 2.75) is 45.8 Å². The molecule has 0 bridgehead atoms. The number of carbonyl (C=O) groups is 2. The molecule has 160 valence electrons. The first-order chi connectivity index (χ1) is 14.3. The summed E-state index contributed by atoms with van der Waals surface area (Å²) in [5.41, 5.74) is 0.465. The number of likely N-dealkylation sites (tertiary alicyclic amines) is 1. The minimum atomic E-state index is -0.510. The van der Waals surface area contributed by atoms with E-state index in [2.05, 4.69) is 5.32 Å². The van der Waals surface area contributed by atoms with E-state index in [0.29, 0.717) is 32.5 Å². The van der Waals surface area contributed by atoms with E-state index in [1.54, 1.807) is 4.90 Å². The van der Waals surface area contributed by atoms with Crippen molar-refractivity contribution < 1.29 is 19.1 Å². The molecule has 2 aromatic rings. The summed E-state index contributed by atoms with van der Waals surface area (Å²) in [4.78, 5) is 26.4. The average molecular weight is 411 g/mol. The lowest BCUT2D eigenvalue weighted by molar-refractivity contribution is -0.126. The second-order valence-corrected chi connectivity index (χ2v) is 8.52. The lowest BCUT2D eigenvalue weighted by Gasteiger charge is -2.32. The Balaban J connectivity index is 1.46. The number of hydrogen-bond donors (Lipinski definition) is 1. The number of benzene rings is 2. The van der Waals surface area contributed by atoms with Crippen LogP contribution >= 0.6 is 0 Å². The van der Waals surface area contributed by atoms with Crippen molar-refractivity contribution in [1.29, 1.82) is 0 Å². The van der Waals surface area contributed by atoms with E-state index in [0.717, 1.165) is 17.1 Å². The fourth-order valence-corrected chi connectivity index (χ4v) is 3.33. The number of hydrogen-bond acceptors (Lipinski definition) is 4. The summed E-state index contributed by atoms with van der Waals surface area (Å²) in [6.07, 6.45) is 0.973. The van der Waals surface area contributed by atoms with Gasteiger partial charge in [-0.25, -0.2) is 4.79 Å². The highest BCUT2D eigenvalue weighted by atomic mass is 16.6. The zero-order valence-corrected chi connectivity index (χ0v) is 17.9. The van der Waals surface area contributed by atoms with E-state index in [9.17, 15) is 9.59 Å². The molecule has 0 spiro atoms. The van der Waals surface area contributed by atoms with Crippen LogP contribution in [0, 0.1) is 5.92 Å². The van der Waals surface area contributed by atoms with Gasteiger partial charge in [0.15, 0.2) is 0 Å². The van der Waals surface area contributed by atoms with Gasteiger partial charge < -0.3 is 19.7 Å². The highest BCUT2D eigenvalue weighted by Gasteiger charge is 2.29. The molecule has 6 nitrogen and oxygen atoms in total. The first-order valence-corrected chi connectivity index (χ1v) is 10.4. The molecule has 1 saturated heterocycles. The third kappa shape index (κ3) is 6.51. The van der Waals surface area contributed by atoms with Crippen LogP contribution in [0.4, 0.5) is 4.79 Å². The molecule has 1 fully saturated rings. The molecular formula is C24H30N2O4. The monoisotopic (exact) mass is 410 g/mol. The third-order valence-corrected chi connectivity index (χ3v) is 4.86. The first kappa shape index (κ1) is 21.7. The number of nitrogens with one attached hydrogen (secondary N) is 1. The average Bonchev–Trinajstić information content (AvgIpc) is 2.72. The number of piperidine rings is 1. The van der Waals surface area contributed by atoms with Crippen LogP contribution in [-0.2, 0) is 16.1 Å². The van der Waals surface area contributed by atoms with Crippen LogP contribution in [0.15, 0.2) is 54.6 Å². The molecule has 2 amide bonds. The maximum atomic E-state index is 12.6. The zero-order valence-electron chi connectivity index (χ0n) is 17.9. The topological polar surface area (TPSA) is 67.9 Å². The van der Waals surface area contributed by atoms with Gasteiger partial charge in [-0.15, -0.1) is 0 Å². The van der Waals surface area contributed by atoms with Crippen LogP contribution < -0.4 is 10.1 Å². The predicted molar refractivity (Wildman–Crippen MR) is 115 cm³/mol. The standard InChI is InChI=1S/C24H30N2O4/c1-24(2,3)30-23(28)26-14-12-19(13-15-26)22(27)25-17-18-8-7-11-21(16-18)29-20-9-5-4-6-10-20/h4-11,16,19H,12-15,17H2,1-3H3,(H,25,27). The van der Waals surface area contributed by atoms with E-state index < -0.39 is 5.60 Å². The second-order valence-electron chi connectivity index (χ2n) is 8.52. The van der Waals surface area contributed by atoms with Gasteiger partial charge in [0, 0.05) is 25.6 Å². The van der Waals surface area contributed by atoms with Gasteiger partial charge >= 0.3 is 6.09 Å². The van der Waals surface area contributed by atoms with Crippen LogP contribution in [0.3, 0.4) is 0 Å². The minimum Gasteiger partial charge on any atom is -0.457 e. The van der Waals surface area contributed by atoms with Crippen LogP contribution in [-0.4, -0.2) is 35.6 Å². The number of amides is 2. The van der Waals surface area contributed by atoms with Crippen LogP contribution in [0.2, 0.25) is 0 Å². The van der Waals surface area contributed by atoms with E-state index in [-0.39, 0.29) is 17.9 Å². The van der Waals surface area contributed by atoms with Crippen LogP contribution in [0.25, 0.3) is 0 Å². The van der Waals surface area contributed by atoms with Gasteiger partial charge in [0.1, 0.15) is 17.1 Å². The largest absolute Gasteiger partial charge is 0.457 e. The maximum Gasteiger partial charge on any atom is 0.410 e. The molecular weight excluding hydrogens is 380 g/mol. The molecule has 1 heterocycles. The molecule has 0 radical (unpaired) electrons. The fraction of sp³-hybridized carbons (Fsp3) is 0.417. The Bertz CT molecular complexity index is 853. The molecule has 30 heavy (non-hydrogen) atoms. The van der Waals surface area contributed by atoms with Crippen molar-refractivity contribution in [3.8, 4) is 11.5 Å². The Morgan fingerprint density at radius 3 is 2.33 bits per heavy atom. The fourth-order valence-electron chi connectivity index (χ4n) is 3.33. The van der Waals surface area contributed by atoms with Crippen LogP contribution in [0.5, 0.6) is 11.5 Å². The van der Waals surface area contributed by atoms with E-state index in [1.165, 1.54) is 0 Å². The Labute approximate surface area is 178 Å². The summed E-state index contributed by atoms with van der Waals surface area (Å²) >= 11 is 0. The SMILES string of the molecule is CC(C)(C)OC(=O)N1CCC(C(=O)NCc2cccc(Oc3ccccc3)c2)CC1. The first-order valence-electron chi connectivity index (χ1n) is 10.4. The Kier molecular flexibility index (Phi) is 6.98. The van der Waals surface area contributed by atoms with Gasteiger partial charge in [-0.05, 0) is 63.4 Å². The van der Waals surface area contributed by atoms with Gasteiger partial charge in [0.25, 0.3) is 0 Å². The summed E-state index contributed by atoms with van der Waals surface area (Å²) in [5.74, 6) is 1.44. The molecule has 2 aromatic carbocycles. The molecule has 0 saturated carbocycles. The molecule has 0 aromatic heterocycles. The van der Waals surface area contributed by atoms with Gasteiger partial charge in [-0.2, -0.15) is 0 Å². The molecule has 1 N–H and O–H groups in total. The van der Waals surface area contributed by atoms with Crippen LogP contribution in [0.1, 0.15) is 39.2 Å². The summed E-state index contributed by atoms with van der Waals surface area (Å²) in [7, 11) is 0. The number of carbonyl (C=O) groups excluding carboxylic acids is 2. The number of rotatable bonds is 5. The Morgan fingerprint density at radius 1 is 1.00 bits per heavy atom. The summed E-state index contributed by atoms with van der Waals surface area (Å²) in [6, 6.07) is 17.3. The maximum absolute atomic E-state index is 12.6. The van der Waals surface area contributed by atoms with Gasteiger partial charge in [0.05, 0.1) is 0 Å². The van der Waals surface area contributed by atoms with E-state index in [1.807, 2.05) is 75.4 Å². The zero-order chi connectivity index (χ0) is 21.6. The second kappa shape index (κ2) is 9.65. The summed E-state index contributed by atoms with van der Waals surface area (Å²) in [5, 5.41) is 3.01. The van der Waals surface area contributed by atoms with E-state index >= 15 is 0 Å². The summed E-state index contributed by atoms with van der Waals surface area (Å²) < 4.78 is 11.3. The van der Waals surface area contributed by atoms with Crippen molar-refractivity contribution in [2.24, 2.45) is 5.92 Å².